The van der Waals surface area contributed by atoms with Crippen LogP contribution in [0, 0.1) is 13.8 Å². The highest BCUT2D eigenvalue weighted by atomic mass is 19.4. The number of nitrogens with one attached hydrogen (secondary N) is 1. The molecule has 0 saturated carbocycles. The van der Waals surface area contributed by atoms with Crippen molar-refractivity contribution >= 4 is 45.4 Å². The van der Waals surface area contributed by atoms with Gasteiger partial charge >= 0.3 is 12.1 Å². The first-order valence-electron chi connectivity index (χ1n) is 10.6. The number of anilines is 3. The summed E-state index contributed by atoms with van der Waals surface area (Å²) in [5.74, 6) is -2.48. The molecule has 0 radical (unpaired) electrons. The standard InChI is InChI=1S/C23H21F3N6O4/c1-11-8-13(27)9-16-18(11)30-22(31-19(16)36-20(33)23(24,25)26)32-21-28-12(2)15-10-14(35-7-6-34-3)4-5-17(15)29-21/h4-5,8-10H,6-7,27H2,1-3H3,(H,28,29,30,31,32). The number of rotatable bonds is 7. The molecule has 2 aromatic carbocycles. The molecule has 0 amide bonds. The van der Waals surface area contributed by atoms with Gasteiger partial charge in [0.25, 0.3) is 0 Å². The Morgan fingerprint density at radius 3 is 2.47 bits per heavy atom. The van der Waals surface area contributed by atoms with E-state index in [4.69, 9.17) is 15.2 Å². The third-order valence-corrected chi connectivity index (χ3v) is 5.04. The zero-order valence-electron chi connectivity index (χ0n) is 19.4. The van der Waals surface area contributed by atoms with E-state index in [1.807, 2.05) is 0 Å². The normalized spacial score (nSPS) is 11.6. The van der Waals surface area contributed by atoms with Crippen LogP contribution in [0.4, 0.5) is 30.8 Å². The Balaban J connectivity index is 1.71. The molecule has 4 aromatic rings. The van der Waals surface area contributed by atoms with Gasteiger partial charge in [-0.05, 0) is 49.7 Å². The second-order valence-electron chi connectivity index (χ2n) is 7.75. The average molecular weight is 502 g/mol. The van der Waals surface area contributed by atoms with Crippen LogP contribution in [0.15, 0.2) is 30.3 Å². The second kappa shape index (κ2) is 9.77. The fourth-order valence-corrected chi connectivity index (χ4v) is 3.43. The molecule has 0 saturated heterocycles. The summed E-state index contributed by atoms with van der Waals surface area (Å²) in [7, 11) is 1.58. The van der Waals surface area contributed by atoms with Crippen molar-refractivity contribution in [1.29, 1.82) is 0 Å². The number of ether oxygens (including phenoxy) is 3. The van der Waals surface area contributed by atoms with E-state index in [0.29, 0.717) is 35.7 Å². The summed E-state index contributed by atoms with van der Waals surface area (Å²) in [6.45, 7) is 4.24. The van der Waals surface area contributed by atoms with Gasteiger partial charge in [-0.1, -0.05) is 0 Å². The van der Waals surface area contributed by atoms with E-state index < -0.39 is 18.0 Å². The molecule has 0 aliphatic heterocycles. The summed E-state index contributed by atoms with van der Waals surface area (Å²) in [5.41, 5.74) is 8.02. The van der Waals surface area contributed by atoms with Crippen molar-refractivity contribution in [2.75, 3.05) is 31.4 Å². The first kappa shape index (κ1) is 24.9. The number of halogens is 3. The zero-order chi connectivity index (χ0) is 26.0. The molecule has 10 nitrogen and oxygen atoms in total. The Morgan fingerprint density at radius 2 is 1.75 bits per heavy atom. The topological polar surface area (TPSA) is 134 Å². The number of fused-ring (bicyclic) bond motifs is 2. The van der Waals surface area contributed by atoms with E-state index >= 15 is 0 Å². The number of alkyl halides is 3. The summed E-state index contributed by atoms with van der Waals surface area (Å²) in [6.07, 6.45) is -5.22. The van der Waals surface area contributed by atoms with E-state index in [0.717, 1.165) is 5.39 Å². The molecule has 0 unspecified atom stereocenters. The van der Waals surface area contributed by atoms with Crippen molar-refractivity contribution in [1.82, 2.24) is 19.9 Å². The molecule has 188 valence electrons. The predicted octanol–water partition coefficient (Wildman–Crippen LogP) is 4.01. The number of nitrogen functional groups attached to an aromatic ring is 1. The van der Waals surface area contributed by atoms with Crippen molar-refractivity contribution in [2.24, 2.45) is 0 Å². The van der Waals surface area contributed by atoms with Gasteiger partial charge in [0.2, 0.25) is 17.8 Å². The first-order valence-corrected chi connectivity index (χ1v) is 10.6. The lowest BCUT2D eigenvalue weighted by Gasteiger charge is -2.13. The quantitative estimate of drug-likeness (QED) is 0.217. The van der Waals surface area contributed by atoms with Crippen LogP contribution in [0.2, 0.25) is 0 Å². The summed E-state index contributed by atoms with van der Waals surface area (Å²) >= 11 is 0. The van der Waals surface area contributed by atoms with Crippen LogP contribution in [-0.2, 0) is 9.53 Å². The monoisotopic (exact) mass is 502 g/mol. The molecular formula is C23H21F3N6O4. The van der Waals surface area contributed by atoms with Gasteiger partial charge in [0.15, 0.2) is 0 Å². The molecule has 13 heteroatoms. The van der Waals surface area contributed by atoms with Crippen molar-refractivity contribution in [3.63, 3.8) is 0 Å². The van der Waals surface area contributed by atoms with Gasteiger partial charge in [-0.3, -0.25) is 5.32 Å². The number of aryl methyl sites for hydroxylation is 2. The highest BCUT2D eigenvalue weighted by Gasteiger charge is 2.42. The fraction of sp³-hybridized carbons (Fsp3) is 0.261. The van der Waals surface area contributed by atoms with E-state index in [1.54, 1.807) is 45.2 Å². The van der Waals surface area contributed by atoms with Gasteiger partial charge in [0.1, 0.15) is 12.4 Å². The Labute approximate surface area is 202 Å². The summed E-state index contributed by atoms with van der Waals surface area (Å²) < 4.78 is 53.7. The first-order chi connectivity index (χ1) is 17.0. The van der Waals surface area contributed by atoms with E-state index in [-0.39, 0.29) is 28.5 Å². The molecule has 0 bridgehead atoms. The summed E-state index contributed by atoms with van der Waals surface area (Å²) in [5, 5.41) is 3.57. The van der Waals surface area contributed by atoms with Crippen LogP contribution in [0.25, 0.3) is 21.8 Å². The van der Waals surface area contributed by atoms with Gasteiger partial charge in [0.05, 0.1) is 28.7 Å². The Morgan fingerprint density at radius 1 is 1.00 bits per heavy atom. The van der Waals surface area contributed by atoms with Crippen molar-refractivity contribution in [3.8, 4) is 11.6 Å². The number of esters is 1. The number of hydrogen-bond donors (Lipinski definition) is 2. The molecule has 0 aliphatic rings. The maximum atomic E-state index is 12.9. The SMILES string of the molecule is COCCOc1ccc2nc(Nc3nc(OC(=O)C(F)(F)F)c4cc(N)cc(C)c4n3)nc(C)c2c1. The third-order valence-electron chi connectivity index (χ3n) is 5.04. The molecule has 4 rings (SSSR count). The van der Waals surface area contributed by atoms with Gasteiger partial charge in [0, 0.05) is 18.2 Å². The molecule has 0 spiro atoms. The Bertz CT molecular complexity index is 1460. The molecule has 2 aromatic heterocycles. The van der Waals surface area contributed by atoms with Crippen molar-refractivity contribution < 1.29 is 32.2 Å². The zero-order valence-corrected chi connectivity index (χ0v) is 19.4. The number of nitrogens with zero attached hydrogens (tertiary/aromatic N) is 4. The highest BCUT2D eigenvalue weighted by molar-refractivity contribution is 5.92. The highest BCUT2D eigenvalue weighted by Crippen LogP contribution is 2.31. The summed E-state index contributed by atoms with van der Waals surface area (Å²) in [4.78, 5) is 28.6. The minimum absolute atomic E-state index is 0.0484. The largest absolute Gasteiger partial charge is 0.491 e. The molecule has 0 atom stereocenters. The second-order valence-corrected chi connectivity index (χ2v) is 7.75. The molecule has 0 aliphatic carbocycles. The molecule has 3 N–H and O–H groups in total. The predicted molar refractivity (Wildman–Crippen MR) is 125 cm³/mol. The lowest BCUT2D eigenvalue weighted by Crippen LogP contribution is -2.28. The maximum absolute atomic E-state index is 12.9. The van der Waals surface area contributed by atoms with Gasteiger partial charge < -0.3 is 19.9 Å². The Kier molecular flexibility index (Phi) is 6.75. The van der Waals surface area contributed by atoms with Gasteiger partial charge in [-0.15, -0.1) is 0 Å². The van der Waals surface area contributed by atoms with Gasteiger partial charge in [-0.25, -0.2) is 19.7 Å². The summed E-state index contributed by atoms with van der Waals surface area (Å²) in [6, 6.07) is 8.18. The van der Waals surface area contributed by atoms with Gasteiger partial charge in [-0.2, -0.15) is 18.2 Å². The number of hydrogen-bond acceptors (Lipinski definition) is 10. The van der Waals surface area contributed by atoms with Crippen molar-refractivity contribution in [3.05, 3.63) is 41.6 Å². The number of methoxy groups -OCH3 is 1. The van der Waals surface area contributed by atoms with Crippen LogP contribution >= 0.6 is 0 Å². The average Bonchev–Trinajstić information content (AvgIpc) is 2.79. The van der Waals surface area contributed by atoms with E-state index in [9.17, 15) is 18.0 Å². The maximum Gasteiger partial charge on any atom is 0.491 e. The molecule has 2 heterocycles. The number of nitrogens with two attached hydrogens (primary N) is 1. The molecule has 36 heavy (non-hydrogen) atoms. The van der Waals surface area contributed by atoms with Crippen molar-refractivity contribution in [2.45, 2.75) is 20.0 Å². The smallest absolute Gasteiger partial charge is 0.491 e. The minimum Gasteiger partial charge on any atom is -0.491 e. The lowest BCUT2D eigenvalue weighted by molar-refractivity contribution is -0.189. The molecule has 0 fully saturated rings. The number of carbonyl (C=O) groups is 1. The Hall–Kier alpha value is -4.26. The van der Waals surface area contributed by atoms with Crippen LogP contribution in [0.3, 0.4) is 0 Å². The van der Waals surface area contributed by atoms with Crippen LogP contribution in [-0.4, -0.2) is 52.4 Å². The number of benzene rings is 2. The van der Waals surface area contributed by atoms with Crippen LogP contribution in [0.1, 0.15) is 11.3 Å². The minimum atomic E-state index is -5.22. The number of aromatic nitrogens is 4. The number of carbonyl (C=O) groups excluding carboxylic acids is 1. The van der Waals surface area contributed by atoms with E-state index in [2.05, 4.69) is 30.0 Å². The fourth-order valence-electron chi connectivity index (χ4n) is 3.43. The van der Waals surface area contributed by atoms with E-state index in [1.165, 1.54) is 6.07 Å². The lowest BCUT2D eigenvalue weighted by atomic mass is 10.1. The third kappa shape index (κ3) is 5.35. The molecular weight excluding hydrogens is 481 g/mol. The van der Waals surface area contributed by atoms with Crippen LogP contribution < -0.4 is 20.5 Å². The van der Waals surface area contributed by atoms with Crippen LogP contribution in [0.5, 0.6) is 11.6 Å².